The third kappa shape index (κ3) is 2.08. The Labute approximate surface area is 80.4 Å². The Hall–Kier alpha value is -1.00. The lowest BCUT2D eigenvalue weighted by Gasteiger charge is -2.25. The highest BCUT2D eigenvalue weighted by Crippen LogP contribution is 2.33. The maximum Gasteiger partial charge on any atom is 0.316 e. The number of halogens is 2. The van der Waals surface area contributed by atoms with Crippen LogP contribution in [-0.2, 0) is 14.3 Å². The first kappa shape index (κ1) is 11.1. The van der Waals surface area contributed by atoms with E-state index < -0.39 is 30.0 Å². The lowest BCUT2D eigenvalue weighted by atomic mass is 9.85. The van der Waals surface area contributed by atoms with E-state index in [2.05, 4.69) is 4.74 Å². The number of rotatable bonds is 2. The Morgan fingerprint density at radius 1 is 1.64 bits per heavy atom. The molecule has 80 valence electrons. The van der Waals surface area contributed by atoms with Crippen LogP contribution in [0.25, 0.3) is 0 Å². The van der Waals surface area contributed by atoms with Crippen LogP contribution in [0, 0.1) is 5.92 Å². The molecule has 1 unspecified atom stereocenters. The monoisotopic (exact) mass is 206 g/mol. The molecule has 1 aliphatic carbocycles. The molecule has 0 bridgehead atoms. The van der Waals surface area contributed by atoms with Crippen molar-refractivity contribution in [3.63, 3.8) is 0 Å². The van der Waals surface area contributed by atoms with Crippen molar-refractivity contribution in [2.75, 3.05) is 6.61 Å². The van der Waals surface area contributed by atoms with Gasteiger partial charge >= 0.3 is 11.9 Å². The minimum absolute atomic E-state index is 0.105. The van der Waals surface area contributed by atoms with E-state index in [4.69, 9.17) is 0 Å². The SMILES string of the molecule is CCOC(=O)C1CCCC(F)(F)C1=O. The van der Waals surface area contributed by atoms with Gasteiger partial charge in [-0.3, -0.25) is 9.59 Å². The molecule has 5 heteroatoms. The lowest BCUT2D eigenvalue weighted by molar-refractivity contribution is -0.165. The van der Waals surface area contributed by atoms with E-state index >= 15 is 0 Å². The number of Topliss-reactive ketones (excluding diaryl/α,β-unsaturated/α-hetero) is 1. The molecule has 1 fully saturated rings. The van der Waals surface area contributed by atoms with Gasteiger partial charge in [-0.25, -0.2) is 0 Å². The standard InChI is InChI=1S/C9H12F2O3/c1-2-14-8(13)6-4-3-5-9(10,11)7(6)12/h6H,2-5H2,1H3. The first-order chi connectivity index (χ1) is 6.49. The highest BCUT2D eigenvalue weighted by Gasteiger charge is 2.48. The van der Waals surface area contributed by atoms with Crippen LogP contribution in [0.1, 0.15) is 26.2 Å². The second kappa shape index (κ2) is 4.02. The first-order valence-corrected chi connectivity index (χ1v) is 4.58. The van der Waals surface area contributed by atoms with Gasteiger partial charge in [0.1, 0.15) is 5.92 Å². The average molecular weight is 206 g/mol. The topological polar surface area (TPSA) is 43.4 Å². The predicted octanol–water partition coefficient (Wildman–Crippen LogP) is 1.55. The van der Waals surface area contributed by atoms with Gasteiger partial charge in [-0.2, -0.15) is 8.78 Å². The van der Waals surface area contributed by atoms with Gasteiger partial charge in [0.2, 0.25) is 5.78 Å². The van der Waals surface area contributed by atoms with E-state index in [0.717, 1.165) is 0 Å². The van der Waals surface area contributed by atoms with Gasteiger partial charge in [-0.15, -0.1) is 0 Å². The minimum Gasteiger partial charge on any atom is -0.465 e. The second-order valence-electron chi connectivity index (χ2n) is 3.27. The summed E-state index contributed by atoms with van der Waals surface area (Å²) < 4.78 is 30.3. The molecule has 1 rings (SSSR count). The van der Waals surface area contributed by atoms with Crippen LogP contribution in [0.15, 0.2) is 0 Å². The molecular formula is C9H12F2O3. The number of carbonyl (C=O) groups is 2. The molecule has 0 aromatic heterocycles. The molecule has 0 radical (unpaired) electrons. The van der Waals surface area contributed by atoms with Crippen molar-refractivity contribution in [1.29, 1.82) is 0 Å². The largest absolute Gasteiger partial charge is 0.465 e. The van der Waals surface area contributed by atoms with Crippen LogP contribution in [0.2, 0.25) is 0 Å². The number of carbonyl (C=O) groups excluding carboxylic acids is 2. The van der Waals surface area contributed by atoms with E-state index in [0.29, 0.717) is 0 Å². The Bertz CT molecular complexity index is 250. The number of esters is 1. The predicted molar refractivity (Wildman–Crippen MR) is 43.9 cm³/mol. The molecule has 0 saturated heterocycles. The number of alkyl halides is 2. The number of hydrogen-bond acceptors (Lipinski definition) is 3. The molecule has 1 aliphatic rings. The van der Waals surface area contributed by atoms with Crippen molar-refractivity contribution >= 4 is 11.8 Å². The van der Waals surface area contributed by atoms with Gasteiger partial charge < -0.3 is 4.74 Å². The van der Waals surface area contributed by atoms with Gasteiger partial charge in [0.15, 0.2) is 0 Å². The lowest BCUT2D eigenvalue weighted by Crippen LogP contribution is -2.42. The van der Waals surface area contributed by atoms with E-state index in [1.54, 1.807) is 6.92 Å². The summed E-state index contributed by atoms with van der Waals surface area (Å²) in [6, 6.07) is 0. The second-order valence-corrected chi connectivity index (χ2v) is 3.27. The summed E-state index contributed by atoms with van der Waals surface area (Å²) in [6.45, 7) is 1.68. The first-order valence-electron chi connectivity index (χ1n) is 4.58. The van der Waals surface area contributed by atoms with E-state index in [-0.39, 0.29) is 19.4 Å². The molecule has 0 aliphatic heterocycles. The van der Waals surface area contributed by atoms with Crippen molar-refractivity contribution in [2.24, 2.45) is 5.92 Å². The van der Waals surface area contributed by atoms with Crippen LogP contribution in [0.5, 0.6) is 0 Å². The van der Waals surface area contributed by atoms with Crippen molar-refractivity contribution in [2.45, 2.75) is 32.1 Å². The fourth-order valence-electron chi connectivity index (χ4n) is 1.51. The molecule has 0 amide bonds. The molecule has 14 heavy (non-hydrogen) atoms. The molecule has 3 nitrogen and oxygen atoms in total. The Kier molecular flexibility index (Phi) is 3.18. The van der Waals surface area contributed by atoms with Crippen molar-refractivity contribution in [3.05, 3.63) is 0 Å². The average Bonchev–Trinajstić information content (AvgIpc) is 2.10. The molecule has 0 spiro atoms. The number of ether oxygens (including phenoxy) is 1. The summed E-state index contributed by atoms with van der Waals surface area (Å²) in [5, 5.41) is 0. The van der Waals surface area contributed by atoms with Gasteiger partial charge in [-0.05, 0) is 19.8 Å². The number of hydrogen-bond donors (Lipinski definition) is 0. The van der Waals surface area contributed by atoms with E-state index in [9.17, 15) is 18.4 Å². The minimum atomic E-state index is -3.35. The number of ketones is 1. The van der Waals surface area contributed by atoms with Crippen LogP contribution in [-0.4, -0.2) is 24.3 Å². The van der Waals surface area contributed by atoms with E-state index in [1.165, 1.54) is 0 Å². The highest BCUT2D eigenvalue weighted by molar-refractivity contribution is 6.03. The maximum absolute atomic E-state index is 12.9. The van der Waals surface area contributed by atoms with Crippen molar-refractivity contribution in [3.8, 4) is 0 Å². The summed E-state index contributed by atoms with van der Waals surface area (Å²) in [7, 11) is 0. The van der Waals surface area contributed by atoms with Gasteiger partial charge in [-0.1, -0.05) is 0 Å². The summed E-state index contributed by atoms with van der Waals surface area (Å²) in [6.07, 6.45) is -0.1000. The summed E-state index contributed by atoms with van der Waals surface area (Å²) in [4.78, 5) is 22.2. The summed E-state index contributed by atoms with van der Waals surface area (Å²) in [5.41, 5.74) is 0. The zero-order chi connectivity index (χ0) is 10.8. The van der Waals surface area contributed by atoms with Crippen LogP contribution < -0.4 is 0 Å². The molecule has 0 aromatic rings. The molecule has 1 atom stereocenters. The molecule has 0 heterocycles. The molecule has 0 aromatic carbocycles. The zero-order valence-corrected chi connectivity index (χ0v) is 7.89. The van der Waals surface area contributed by atoms with Crippen molar-refractivity contribution in [1.82, 2.24) is 0 Å². The molecule has 1 saturated carbocycles. The van der Waals surface area contributed by atoms with Gasteiger partial charge in [0, 0.05) is 6.42 Å². The smallest absolute Gasteiger partial charge is 0.316 e. The van der Waals surface area contributed by atoms with Gasteiger partial charge in [0.25, 0.3) is 0 Å². The summed E-state index contributed by atoms with van der Waals surface area (Å²) >= 11 is 0. The normalized spacial score (nSPS) is 25.9. The Morgan fingerprint density at radius 2 is 2.29 bits per heavy atom. The van der Waals surface area contributed by atoms with E-state index in [1.807, 2.05) is 0 Å². The molecule has 0 N–H and O–H groups in total. The third-order valence-corrected chi connectivity index (χ3v) is 2.23. The highest BCUT2D eigenvalue weighted by atomic mass is 19.3. The van der Waals surface area contributed by atoms with Gasteiger partial charge in [0.05, 0.1) is 6.61 Å². The maximum atomic E-state index is 12.9. The van der Waals surface area contributed by atoms with Crippen LogP contribution >= 0.6 is 0 Å². The summed E-state index contributed by atoms with van der Waals surface area (Å²) in [5.74, 6) is -6.73. The third-order valence-electron chi connectivity index (χ3n) is 2.23. The van der Waals surface area contributed by atoms with Crippen LogP contribution in [0.4, 0.5) is 8.78 Å². The fourth-order valence-corrected chi connectivity index (χ4v) is 1.51. The Balaban J connectivity index is 2.70. The quantitative estimate of drug-likeness (QED) is 0.508. The fraction of sp³-hybridized carbons (Fsp3) is 0.778. The molecular weight excluding hydrogens is 194 g/mol. The Morgan fingerprint density at radius 3 is 2.86 bits per heavy atom. The van der Waals surface area contributed by atoms with Crippen molar-refractivity contribution < 1.29 is 23.1 Å². The zero-order valence-electron chi connectivity index (χ0n) is 7.89. The van der Waals surface area contributed by atoms with Crippen LogP contribution in [0.3, 0.4) is 0 Å².